The van der Waals surface area contributed by atoms with Crippen LogP contribution in [0.15, 0.2) is 24.4 Å². The maximum atomic E-state index is 5.67. The van der Waals surface area contributed by atoms with Crippen LogP contribution in [0, 0.1) is 13.8 Å². The summed E-state index contributed by atoms with van der Waals surface area (Å²) in [4.78, 5) is 0. The first kappa shape index (κ1) is 11.1. The molecule has 0 aliphatic carbocycles. The first-order valence-corrected chi connectivity index (χ1v) is 5.79. The van der Waals surface area contributed by atoms with Gasteiger partial charge in [-0.1, -0.05) is 17.3 Å². The van der Waals surface area contributed by atoms with Crippen molar-refractivity contribution in [3.05, 3.63) is 41.2 Å². The van der Waals surface area contributed by atoms with Crippen LogP contribution in [-0.4, -0.2) is 20.9 Å². The molecule has 1 aromatic carbocycles. The van der Waals surface area contributed by atoms with Crippen LogP contribution in [0.25, 0.3) is 5.69 Å². The number of alkyl halides is 1. The Morgan fingerprint density at radius 3 is 2.88 bits per heavy atom. The van der Waals surface area contributed by atoms with E-state index in [0.29, 0.717) is 5.88 Å². The summed E-state index contributed by atoms with van der Waals surface area (Å²) < 4.78 is 1.81. The summed E-state index contributed by atoms with van der Waals surface area (Å²) in [5, 5.41) is 8.20. The maximum absolute atomic E-state index is 5.67. The quantitative estimate of drug-likeness (QED) is 0.766. The summed E-state index contributed by atoms with van der Waals surface area (Å²) in [6.45, 7) is 4.18. The van der Waals surface area contributed by atoms with Gasteiger partial charge in [0.05, 0.1) is 17.6 Å². The summed E-state index contributed by atoms with van der Waals surface area (Å²) >= 11 is 5.67. The molecule has 3 nitrogen and oxygen atoms in total. The molecule has 0 saturated heterocycles. The van der Waals surface area contributed by atoms with E-state index in [1.807, 2.05) is 23.0 Å². The van der Waals surface area contributed by atoms with Crippen molar-refractivity contribution in [3.8, 4) is 5.69 Å². The second kappa shape index (κ2) is 4.66. The number of aromatic nitrogens is 3. The second-order valence-electron chi connectivity index (χ2n) is 3.81. The number of rotatable bonds is 3. The fourth-order valence-electron chi connectivity index (χ4n) is 1.61. The van der Waals surface area contributed by atoms with Gasteiger partial charge in [-0.2, -0.15) is 0 Å². The molecule has 0 fully saturated rings. The molecule has 0 radical (unpaired) electrons. The molecule has 0 N–H and O–H groups in total. The summed E-state index contributed by atoms with van der Waals surface area (Å²) in [6.07, 6.45) is 2.69. The van der Waals surface area contributed by atoms with Crippen LogP contribution in [0.4, 0.5) is 0 Å². The molecule has 0 spiro atoms. The minimum absolute atomic E-state index is 0.575. The first-order valence-electron chi connectivity index (χ1n) is 5.26. The lowest BCUT2D eigenvalue weighted by atomic mass is 10.1. The lowest BCUT2D eigenvalue weighted by molar-refractivity contribution is 0.792. The zero-order valence-corrected chi connectivity index (χ0v) is 10.2. The highest BCUT2D eigenvalue weighted by Crippen LogP contribution is 2.16. The molecule has 4 heteroatoms. The molecule has 0 atom stereocenters. The Balaban J connectivity index is 2.39. The van der Waals surface area contributed by atoms with Gasteiger partial charge in [-0.15, -0.1) is 16.7 Å². The summed E-state index contributed by atoms with van der Waals surface area (Å²) in [6, 6.07) is 6.16. The van der Waals surface area contributed by atoms with Gasteiger partial charge >= 0.3 is 0 Å². The van der Waals surface area contributed by atoms with Gasteiger partial charge in [0.1, 0.15) is 0 Å². The maximum Gasteiger partial charge on any atom is 0.0843 e. The highest BCUT2D eigenvalue weighted by molar-refractivity contribution is 6.17. The molecule has 0 bridgehead atoms. The molecule has 2 rings (SSSR count). The Morgan fingerprint density at radius 2 is 2.12 bits per heavy atom. The largest absolute Gasteiger partial charge is 0.220 e. The lowest BCUT2D eigenvalue weighted by Crippen LogP contribution is -1.99. The average molecular weight is 236 g/mol. The fraction of sp³-hybridized carbons (Fsp3) is 0.333. The van der Waals surface area contributed by atoms with Crippen LogP contribution < -0.4 is 0 Å². The number of nitrogens with zero attached hydrogens (tertiary/aromatic N) is 3. The van der Waals surface area contributed by atoms with Gasteiger partial charge in [-0.05, 0) is 31.0 Å². The minimum atomic E-state index is 0.575. The van der Waals surface area contributed by atoms with Crippen LogP contribution >= 0.6 is 11.6 Å². The summed E-state index contributed by atoms with van der Waals surface area (Å²) in [7, 11) is 0. The number of hydrogen-bond donors (Lipinski definition) is 0. The minimum Gasteiger partial charge on any atom is -0.220 e. The molecular weight excluding hydrogens is 222 g/mol. The Morgan fingerprint density at radius 1 is 1.31 bits per heavy atom. The number of hydrogen-bond acceptors (Lipinski definition) is 2. The van der Waals surface area contributed by atoms with Crippen LogP contribution in [0.5, 0.6) is 0 Å². The molecule has 1 heterocycles. The number of benzene rings is 1. The van der Waals surface area contributed by atoms with E-state index < -0.39 is 0 Å². The zero-order chi connectivity index (χ0) is 11.5. The van der Waals surface area contributed by atoms with E-state index in [0.717, 1.165) is 17.8 Å². The van der Waals surface area contributed by atoms with Crippen LogP contribution in [0.2, 0.25) is 0 Å². The smallest absolute Gasteiger partial charge is 0.0843 e. The molecule has 0 saturated carbocycles. The standard InChI is InChI=1S/C12H14ClN3/c1-9-4-3-5-12(10(9)2)16-8-11(6-7-13)14-15-16/h3-5,8H,6-7H2,1-2H3. The average Bonchev–Trinajstić information content (AvgIpc) is 2.71. The third-order valence-corrected chi connectivity index (χ3v) is 2.90. The van der Waals surface area contributed by atoms with E-state index in [-0.39, 0.29) is 0 Å². The Hall–Kier alpha value is -1.35. The van der Waals surface area contributed by atoms with Crippen LogP contribution in [-0.2, 0) is 6.42 Å². The molecular formula is C12H14ClN3. The molecule has 1 aromatic heterocycles. The lowest BCUT2D eigenvalue weighted by Gasteiger charge is -2.06. The third kappa shape index (κ3) is 2.09. The summed E-state index contributed by atoms with van der Waals surface area (Å²) in [5.41, 5.74) is 4.49. The van der Waals surface area contributed by atoms with Crippen molar-refractivity contribution < 1.29 is 0 Å². The van der Waals surface area contributed by atoms with Gasteiger partial charge in [-0.3, -0.25) is 0 Å². The molecule has 2 aromatic rings. The topological polar surface area (TPSA) is 30.7 Å². The molecule has 0 aliphatic heterocycles. The van der Waals surface area contributed by atoms with Gasteiger partial charge in [0.15, 0.2) is 0 Å². The van der Waals surface area contributed by atoms with Gasteiger partial charge < -0.3 is 0 Å². The Kier molecular flexibility index (Phi) is 3.25. The first-order chi connectivity index (χ1) is 7.72. The normalized spacial score (nSPS) is 10.7. The highest BCUT2D eigenvalue weighted by atomic mass is 35.5. The zero-order valence-electron chi connectivity index (χ0n) is 9.44. The van der Waals surface area contributed by atoms with Crippen molar-refractivity contribution in [1.29, 1.82) is 0 Å². The van der Waals surface area contributed by atoms with Crippen molar-refractivity contribution in [2.75, 3.05) is 5.88 Å². The number of halogens is 1. The van der Waals surface area contributed by atoms with Gasteiger partial charge in [0.25, 0.3) is 0 Å². The van der Waals surface area contributed by atoms with Crippen molar-refractivity contribution in [2.45, 2.75) is 20.3 Å². The highest BCUT2D eigenvalue weighted by Gasteiger charge is 2.06. The van der Waals surface area contributed by atoms with E-state index in [1.54, 1.807) is 0 Å². The molecule has 0 aliphatic rings. The SMILES string of the molecule is Cc1cccc(-n2cc(CCCl)nn2)c1C. The third-order valence-electron chi connectivity index (χ3n) is 2.71. The van der Waals surface area contributed by atoms with Crippen molar-refractivity contribution in [1.82, 2.24) is 15.0 Å². The fourth-order valence-corrected chi connectivity index (χ4v) is 1.80. The predicted octanol–water partition coefficient (Wildman–Crippen LogP) is 2.67. The van der Waals surface area contributed by atoms with E-state index in [2.05, 4.69) is 30.2 Å². The number of aryl methyl sites for hydroxylation is 2. The van der Waals surface area contributed by atoms with Crippen LogP contribution in [0.1, 0.15) is 16.8 Å². The predicted molar refractivity (Wildman–Crippen MR) is 65.3 cm³/mol. The molecule has 16 heavy (non-hydrogen) atoms. The van der Waals surface area contributed by atoms with Crippen molar-refractivity contribution in [3.63, 3.8) is 0 Å². The molecule has 84 valence electrons. The molecule has 0 amide bonds. The van der Waals surface area contributed by atoms with E-state index in [1.165, 1.54) is 11.1 Å². The summed E-state index contributed by atoms with van der Waals surface area (Å²) in [5.74, 6) is 0.575. The second-order valence-corrected chi connectivity index (χ2v) is 4.19. The van der Waals surface area contributed by atoms with Crippen molar-refractivity contribution in [2.24, 2.45) is 0 Å². The van der Waals surface area contributed by atoms with Gasteiger partial charge in [0, 0.05) is 12.3 Å². The van der Waals surface area contributed by atoms with Gasteiger partial charge in [0.2, 0.25) is 0 Å². The monoisotopic (exact) mass is 235 g/mol. The van der Waals surface area contributed by atoms with E-state index in [9.17, 15) is 0 Å². The van der Waals surface area contributed by atoms with Crippen molar-refractivity contribution >= 4 is 11.6 Å². The Bertz CT molecular complexity index is 491. The van der Waals surface area contributed by atoms with Gasteiger partial charge in [-0.25, -0.2) is 4.68 Å². The Labute approximate surface area is 100 Å². The van der Waals surface area contributed by atoms with E-state index >= 15 is 0 Å². The molecule has 0 unspecified atom stereocenters. The van der Waals surface area contributed by atoms with E-state index in [4.69, 9.17) is 11.6 Å². The van der Waals surface area contributed by atoms with Crippen LogP contribution in [0.3, 0.4) is 0 Å².